The maximum Gasteiger partial charge on any atom is 0.415 e. The largest absolute Gasteiger partial charge is 0.480 e. The van der Waals surface area contributed by atoms with Crippen molar-refractivity contribution >= 4 is 35.2 Å². The molecular formula is C23H24FN5O5. The number of fused-ring (bicyclic) bond motifs is 2. The number of amides is 3. The predicted molar refractivity (Wildman–Crippen MR) is 120 cm³/mol. The van der Waals surface area contributed by atoms with Gasteiger partial charge < -0.3 is 25.0 Å². The SMILES string of the molecule is CCN1C(=O)Cc2ccc(F)c(CNCCC3CN(c4ccc5c(n4)NC(=O)CO5)C(=O)O3)c21. The van der Waals surface area contributed by atoms with Crippen LogP contribution in [0.3, 0.4) is 0 Å². The summed E-state index contributed by atoms with van der Waals surface area (Å²) in [6.07, 6.45) is -0.0926. The lowest BCUT2D eigenvalue weighted by molar-refractivity contribution is -0.119. The van der Waals surface area contributed by atoms with E-state index in [2.05, 4.69) is 15.6 Å². The fraction of sp³-hybridized carbons (Fsp3) is 0.391. The summed E-state index contributed by atoms with van der Waals surface area (Å²) < 4.78 is 25.3. The molecule has 1 aromatic heterocycles. The second kappa shape index (κ2) is 8.90. The Morgan fingerprint density at radius 3 is 2.91 bits per heavy atom. The van der Waals surface area contributed by atoms with Gasteiger partial charge in [0.1, 0.15) is 17.7 Å². The molecule has 0 saturated carbocycles. The second-order valence-corrected chi connectivity index (χ2v) is 8.28. The van der Waals surface area contributed by atoms with Crippen LogP contribution in [0.5, 0.6) is 5.75 Å². The standard InChI is InChI=1S/C23H24FN5O5/c1-2-28-20(31)9-13-3-4-16(24)15(21(13)28)10-25-8-7-14-11-29(23(32)34-14)18-6-5-17-22(26-18)27-19(30)12-33-17/h3-6,14,25H,2,7-12H2,1H3,(H,26,27,30). The summed E-state index contributed by atoms with van der Waals surface area (Å²) in [5, 5.41) is 5.83. The monoisotopic (exact) mass is 469 g/mol. The van der Waals surface area contributed by atoms with Crippen LogP contribution in [0.15, 0.2) is 24.3 Å². The zero-order valence-corrected chi connectivity index (χ0v) is 18.6. The van der Waals surface area contributed by atoms with Gasteiger partial charge in [0.15, 0.2) is 18.2 Å². The van der Waals surface area contributed by atoms with Crippen molar-refractivity contribution in [1.82, 2.24) is 10.3 Å². The minimum atomic E-state index is -0.524. The first-order valence-corrected chi connectivity index (χ1v) is 11.2. The number of aromatic nitrogens is 1. The van der Waals surface area contributed by atoms with E-state index < -0.39 is 6.09 Å². The highest BCUT2D eigenvalue weighted by atomic mass is 19.1. The number of halogens is 1. The Morgan fingerprint density at radius 2 is 2.09 bits per heavy atom. The normalized spacial score (nSPS) is 19.0. The van der Waals surface area contributed by atoms with E-state index in [4.69, 9.17) is 9.47 Å². The van der Waals surface area contributed by atoms with Crippen LogP contribution in [-0.2, 0) is 27.3 Å². The Labute approximate surface area is 195 Å². The molecule has 1 fully saturated rings. The van der Waals surface area contributed by atoms with Crippen LogP contribution in [0, 0.1) is 5.82 Å². The minimum Gasteiger partial charge on any atom is -0.480 e. The molecule has 0 aliphatic carbocycles. The molecule has 1 saturated heterocycles. The fourth-order valence-corrected chi connectivity index (χ4v) is 4.46. The number of ether oxygens (including phenoxy) is 2. The van der Waals surface area contributed by atoms with Crippen molar-refractivity contribution in [1.29, 1.82) is 0 Å². The van der Waals surface area contributed by atoms with Gasteiger partial charge in [-0.15, -0.1) is 0 Å². The Balaban J connectivity index is 1.18. The lowest BCUT2D eigenvalue weighted by atomic mass is 10.1. The summed E-state index contributed by atoms with van der Waals surface area (Å²) in [6.45, 7) is 3.33. The van der Waals surface area contributed by atoms with Crippen LogP contribution in [0.4, 0.5) is 26.5 Å². The number of nitrogens with one attached hydrogen (secondary N) is 2. The van der Waals surface area contributed by atoms with Crippen LogP contribution in [-0.4, -0.2) is 55.2 Å². The molecule has 1 aromatic carbocycles. The van der Waals surface area contributed by atoms with Gasteiger partial charge in [0, 0.05) is 18.7 Å². The number of anilines is 3. The molecule has 34 heavy (non-hydrogen) atoms. The van der Waals surface area contributed by atoms with E-state index in [1.54, 1.807) is 23.1 Å². The molecule has 1 atom stereocenters. The van der Waals surface area contributed by atoms with Crippen molar-refractivity contribution in [2.45, 2.75) is 32.4 Å². The van der Waals surface area contributed by atoms with Gasteiger partial charge in [-0.3, -0.25) is 14.5 Å². The Kier molecular flexibility index (Phi) is 5.78. The molecule has 4 heterocycles. The molecule has 2 aromatic rings. The third kappa shape index (κ3) is 4.03. The first kappa shape index (κ1) is 22.1. The van der Waals surface area contributed by atoms with Crippen molar-refractivity contribution in [3.8, 4) is 5.75 Å². The molecule has 11 heteroatoms. The third-order valence-electron chi connectivity index (χ3n) is 6.09. The molecule has 0 spiro atoms. The molecule has 5 rings (SSSR count). The van der Waals surface area contributed by atoms with Gasteiger partial charge in [0.2, 0.25) is 5.91 Å². The summed E-state index contributed by atoms with van der Waals surface area (Å²) in [6, 6.07) is 6.35. The number of carbonyl (C=O) groups excluding carboxylic acids is 3. The van der Waals surface area contributed by atoms with Crippen molar-refractivity contribution in [3.05, 3.63) is 41.2 Å². The maximum absolute atomic E-state index is 14.5. The predicted octanol–water partition coefficient (Wildman–Crippen LogP) is 1.97. The minimum absolute atomic E-state index is 0.0239. The highest BCUT2D eigenvalue weighted by Gasteiger charge is 2.34. The number of pyridine rings is 1. The van der Waals surface area contributed by atoms with Gasteiger partial charge in [-0.05, 0) is 43.7 Å². The highest BCUT2D eigenvalue weighted by molar-refractivity contribution is 6.02. The number of carbonyl (C=O) groups is 3. The number of nitrogens with zero attached hydrogens (tertiary/aromatic N) is 3. The lowest BCUT2D eigenvalue weighted by Crippen LogP contribution is -2.29. The van der Waals surface area contributed by atoms with Crippen molar-refractivity contribution < 1.29 is 28.2 Å². The van der Waals surface area contributed by atoms with Crippen LogP contribution in [0.2, 0.25) is 0 Å². The Bertz CT molecular complexity index is 1170. The van der Waals surface area contributed by atoms with Crippen molar-refractivity contribution in [2.75, 3.05) is 41.4 Å². The number of cyclic esters (lactones) is 1. The average Bonchev–Trinajstić information content (AvgIpc) is 3.35. The van der Waals surface area contributed by atoms with Gasteiger partial charge in [0.25, 0.3) is 5.91 Å². The summed E-state index contributed by atoms with van der Waals surface area (Å²) in [5.41, 5.74) is 1.97. The van der Waals surface area contributed by atoms with Crippen LogP contribution >= 0.6 is 0 Å². The molecule has 0 bridgehead atoms. The average molecular weight is 469 g/mol. The van der Waals surface area contributed by atoms with Crippen LogP contribution in [0.1, 0.15) is 24.5 Å². The van der Waals surface area contributed by atoms with Crippen LogP contribution < -0.4 is 25.2 Å². The van der Waals surface area contributed by atoms with Gasteiger partial charge >= 0.3 is 6.09 Å². The topological polar surface area (TPSA) is 113 Å². The second-order valence-electron chi connectivity index (χ2n) is 8.28. The molecule has 1 unspecified atom stereocenters. The van der Waals surface area contributed by atoms with Gasteiger partial charge in [-0.1, -0.05) is 6.07 Å². The zero-order valence-electron chi connectivity index (χ0n) is 18.6. The molecule has 2 N–H and O–H groups in total. The number of likely N-dealkylation sites (N-methyl/N-ethyl adjacent to an activating group) is 1. The molecular weight excluding hydrogens is 445 g/mol. The van der Waals surface area contributed by atoms with Gasteiger partial charge in [0.05, 0.1) is 18.7 Å². The smallest absolute Gasteiger partial charge is 0.415 e. The van der Waals surface area contributed by atoms with Crippen molar-refractivity contribution in [2.24, 2.45) is 0 Å². The van der Waals surface area contributed by atoms with E-state index in [0.29, 0.717) is 48.9 Å². The van der Waals surface area contributed by atoms with E-state index >= 15 is 0 Å². The quantitative estimate of drug-likeness (QED) is 0.596. The Hall–Kier alpha value is -3.73. The van der Waals surface area contributed by atoms with E-state index in [1.807, 2.05) is 6.92 Å². The lowest BCUT2D eigenvalue weighted by Gasteiger charge is -2.20. The molecule has 3 amide bonds. The first-order valence-electron chi connectivity index (χ1n) is 11.2. The van der Waals surface area contributed by atoms with Crippen LogP contribution in [0.25, 0.3) is 0 Å². The number of hydrogen-bond donors (Lipinski definition) is 2. The van der Waals surface area contributed by atoms with Gasteiger partial charge in [-0.25, -0.2) is 14.2 Å². The van der Waals surface area contributed by atoms with Crippen molar-refractivity contribution in [3.63, 3.8) is 0 Å². The molecule has 0 radical (unpaired) electrons. The number of hydrogen-bond acceptors (Lipinski definition) is 7. The maximum atomic E-state index is 14.5. The highest BCUT2D eigenvalue weighted by Crippen LogP contribution is 2.34. The summed E-state index contributed by atoms with van der Waals surface area (Å²) in [4.78, 5) is 43.4. The zero-order chi connectivity index (χ0) is 23.8. The molecule has 3 aliphatic rings. The third-order valence-corrected chi connectivity index (χ3v) is 6.09. The van der Waals surface area contributed by atoms with E-state index in [-0.39, 0.29) is 49.1 Å². The summed E-state index contributed by atoms with van der Waals surface area (Å²) in [5.74, 6) is 0.383. The summed E-state index contributed by atoms with van der Waals surface area (Å²) >= 11 is 0. The first-order chi connectivity index (χ1) is 16.4. The molecule has 3 aliphatic heterocycles. The number of rotatable bonds is 7. The van der Waals surface area contributed by atoms with E-state index in [0.717, 1.165) is 5.56 Å². The molecule has 10 nitrogen and oxygen atoms in total. The number of benzene rings is 1. The molecule has 178 valence electrons. The Morgan fingerprint density at radius 1 is 1.24 bits per heavy atom. The summed E-state index contributed by atoms with van der Waals surface area (Å²) in [7, 11) is 0. The van der Waals surface area contributed by atoms with Gasteiger partial charge in [-0.2, -0.15) is 0 Å². The van der Waals surface area contributed by atoms with E-state index in [1.165, 1.54) is 11.0 Å². The fourth-order valence-electron chi connectivity index (χ4n) is 4.46. The van der Waals surface area contributed by atoms with E-state index in [9.17, 15) is 18.8 Å².